The predicted molar refractivity (Wildman–Crippen MR) is 109 cm³/mol. The first-order valence-corrected chi connectivity index (χ1v) is 10.1. The molecule has 0 radical (unpaired) electrons. The summed E-state index contributed by atoms with van der Waals surface area (Å²) in [5, 5.41) is 2.27. The van der Waals surface area contributed by atoms with Gasteiger partial charge in [-0.1, -0.05) is 42.5 Å². The van der Waals surface area contributed by atoms with Gasteiger partial charge in [0, 0.05) is 0 Å². The third kappa shape index (κ3) is 5.74. The Labute approximate surface area is 173 Å². The highest BCUT2D eigenvalue weighted by atomic mass is 32.2. The molecule has 1 atom stereocenters. The van der Waals surface area contributed by atoms with Crippen LogP contribution in [0.1, 0.15) is 16.5 Å². The highest BCUT2D eigenvalue weighted by molar-refractivity contribution is 8.00. The summed E-state index contributed by atoms with van der Waals surface area (Å²) in [6.07, 6.45) is 0. The average Bonchev–Trinajstić information content (AvgIpc) is 3.11. The summed E-state index contributed by atoms with van der Waals surface area (Å²) in [4.78, 5) is 37.8. The van der Waals surface area contributed by atoms with Crippen molar-refractivity contribution >= 4 is 29.5 Å². The van der Waals surface area contributed by atoms with Crippen LogP contribution in [0.5, 0.6) is 5.75 Å². The largest absolute Gasteiger partial charge is 0.497 e. The molecule has 1 aliphatic rings. The van der Waals surface area contributed by atoms with Crippen LogP contribution >= 0.6 is 11.8 Å². The van der Waals surface area contributed by atoms with Crippen LogP contribution in [0.25, 0.3) is 0 Å². The quantitative estimate of drug-likeness (QED) is 0.666. The molecule has 0 spiro atoms. The van der Waals surface area contributed by atoms with Gasteiger partial charge in [0.15, 0.2) is 0 Å². The molecule has 1 unspecified atom stereocenters. The second kappa shape index (κ2) is 9.97. The van der Waals surface area contributed by atoms with Gasteiger partial charge in [0.1, 0.15) is 30.8 Å². The van der Waals surface area contributed by atoms with Crippen LogP contribution in [-0.4, -0.2) is 48.6 Å². The van der Waals surface area contributed by atoms with Gasteiger partial charge in [-0.15, -0.1) is 11.8 Å². The zero-order chi connectivity index (χ0) is 20.6. The summed E-state index contributed by atoms with van der Waals surface area (Å²) in [6.45, 7) is -0.209. The zero-order valence-corrected chi connectivity index (χ0v) is 16.8. The van der Waals surface area contributed by atoms with Crippen LogP contribution < -0.4 is 10.1 Å². The Balaban J connectivity index is 1.49. The van der Waals surface area contributed by atoms with Gasteiger partial charge >= 0.3 is 5.97 Å². The molecule has 2 aromatic carbocycles. The minimum absolute atomic E-state index is 0.113. The summed E-state index contributed by atoms with van der Waals surface area (Å²) in [7, 11) is 1.59. The Kier molecular flexibility index (Phi) is 7.13. The molecule has 2 aromatic rings. The van der Waals surface area contributed by atoms with Crippen molar-refractivity contribution in [2.24, 2.45) is 0 Å². The Morgan fingerprint density at radius 1 is 1.14 bits per heavy atom. The number of hydrogen-bond donors (Lipinski definition) is 1. The number of esters is 1. The van der Waals surface area contributed by atoms with Crippen LogP contribution in [-0.2, 0) is 25.7 Å². The Hall–Kier alpha value is -3.00. The zero-order valence-electron chi connectivity index (χ0n) is 16.0. The van der Waals surface area contributed by atoms with Crippen molar-refractivity contribution in [2.45, 2.75) is 12.0 Å². The number of rotatable bonds is 8. The predicted octanol–water partition coefficient (Wildman–Crippen LogP) is 2.13. The summed E-state index contributed by atoms with van der Waals surface area (Å²) < 4.78 is 10.3. The Bertz CT molecular complexity index is 857. The molecule has 1 N–H and O–H groups in total. The molecule has 0 saturated carbocycles. The summed E-state index contributed by atoms with van der Waals surface area (Å²) in [5.74, 6) is -0.0191. The number of carbonyl (C=O) groups is 3. The van der Waals surface area contributed by atoms with E-state index in [0.717, 1.165) is 16.9 Å². The van der Waals surface area contributed by atoms with E-state index in [1.807, 2.05) is 54.6 Å². The number of amides is 2. The van der Waals surface area contributed by atoms with Gasteiger partial charge in [0.2, 0.25) is 11.8 Å². The van der Waals surface area contributed by atoms with Crippen molar-refractivity contribution in [3.8, 4) is 5.75 Å². The van der Waals surface area contributed by atoms with Crippen molar-refractivity contribution in [2.75, 3.05) is 26.0 Å². The highest BCUT2D eigenvalue weighted by Gasteiger charge is 2.34. The highest BCUT2D eigenvalue weighted by Crippen LogP contribution is 2.38. The standard InChI is InChI=1S/C21H22N2O5S/c1-27-17-9-7-16(8-10-17)21-23(19(25)14-29-21)12-18(24)22-11-20(26)28-13-15-5-3-2-4-6-15/h2-10,21H,11-14H2,1H3,(H,22,24). The third-order valence-corrected chi connectivity index (χ3v) is 5.61. The minimum Gasteiger partial charge on any atom is -0.497 e. The van der Waals surface area contributed by atoms with E-state index >= 15 is 0 Å². The van der Waals surface area contributed by atoms with E-state index in [2.05, 4.69) is 5.32 Å². The molecule has 1 saturated heterocycles. The fraction of sp³-hybridized carbons (Fsp3) is 0.286. The Morgan fingerprint density at radius 2 is 1.86 bits per heavy atom. The van der Waals surface area contributed by atoms with Crippen LogP contribution in [0, 0.1) is 0 Å². The lowest BCUT2D eigenvalue weighted by Gasteiger charge is -2.23. The van der Waals surface area contributed by atoms with Gasteiger partial charge in [-0.3, -0.25) is 14.4 Å². The first-order valence-electron chi connectivity index (χ1n) is 9.08. The molecule has 0 aliphatic carbocycles. The molecule has 1 aliphatic heterocycles. The number of carbonyl (C=O) groups excluding carboxylic acids is 3. The summed E-state index contributed by atoms with van der Waals surface area (Å²) in [6, 6.07) is 16.7. The fourth-order valence-corrected chi connectivity index (χ4v) is 4.03. The lowest BCUT2D eigenvalue weighted by atomic mass is 10.2. The number of benzene rings is 2. The van der Waals surface area contributed by atoms with Crippen molar-refractivity contribution in [1.82, 2.24) is 10.2 Å². The third-order valence-electron chi connectivity index (χ3n) is 4.36. The van der Waals surface area contributed by atoms with E-state index in [9.17, 15) is 14.4 Å². The molecule has 0 bridgehead atoms. The maximum absolute atomic E-state index is 12.3. The molecule has 2 amide bonds. The molecule has 1 heterocycles. The van der Waals surface area contributed by atoms with E-state index in [1.54, 1.807) is 7.11 Å². The second-order valence-electron chi connectivity index (χ2n) is 6.38. The van der Waals surface area contributed by atoms with Gasteiger partial charge in [-0.05, 0) is 23.3 Å². The average molecular weight is 414 g/mol. The SMILES string of the molecule is COc1ccc(C2SCC(=O)N2CC(=O)NCC(=O)OCc2ccccc2)cc1. The van der Waals surface area contributed by atoms with Crippen molar-refractivity contribution < 1.29 is 23.9 Å². The van der Waals surface area contributed by atoms with Crippen molar-refractivity contribution in [3.63, 3.8) is 0 Å². The monoisotopic (exact) mass is 414 g/mol. The molecular weight excluding hydrogens is 392 g/mol. The van der Waals surface area contributed by atoms with E-state index < -0.39 is 11.9 Å². The molecule has 3 rings (SSSR count). The number of hydrogen-bond acceptors (Lipinski definition) is 6. The topological polar surface area (TPSA) is 84.9 Å². The first kappa shape index (κ1) is 20.7. The van der Waals surface area contributed by atoms with Gasteiger partial charge in [0.25, 0.3) is 0 Å². The maximum Gasteiger partial charge on any atom is 0.325 e. The van der Waals surface area contributed by atoms with Gasteiger partial charge in [-0.2, -0.15) is 0 Å². The number of methoxy groups -OCH3 is 1. The normalized spacial score (nSPS) is 15.8. The van der Waals surface area contributed by atoms with E-state index in [4.69, 9.17) is 9.47 Å². The molecule has 7 nitrogen and oxygen atoms in total. The fourth-order valence-electron chi connectivity index (χ4n) is 2.84. The minimum atomic E-state index is -0.531. The van der Waals surface area contributed by atoms with E-state index in [-0.39, 0.29) is 31.0 Å². The molecule has 1 fully saturated rings. The van der Waals surface area contributed by atoms with Crippen molar-refractivity contribution in [1.29, 1.82) is 0 Å². The lowest BCUT2D eigenvalue weighted by molar-refractivity contribution is -0.145. The number of ether oxygens (including phenoxy) is 2. The molecule has 152 valence electrons. The smallest absolute Gasteiger partial charge is 0.325 e. The number of thioether (sulfide) groups is 1. The van der Waals surface area contributed by atoms with Gasteiger partial charge in [-0.25, -0.2) is 0 Å². The molecule has 0 aromatic heterocycles. The summed E-state index contributed by atoms with van der Waals surface area (Å²) in [5.41, 5.74) is 1.78. The van der Waals surface area contributed by atoms with E-state index in [1.165, 1.54) is 16.7 Å². The van der Waals surface area contributed by atoms with E-state index in [0.29, 0.717) is 5.75 Å². The first-order chi connectivity index (χ1) is 14.1. The van der Waals surface area contributed by atoms with Gasteiger partial charge < -0.3 is 19.7 Å². The molecule has 8 heteroatoms. The van der Waals surface area contributed by atoms with Crippen LogP contribution in [0.3, 0.4) is 0 Å². The number of nitrogens with one attached hydrogen (secondary N) is 1. The summed E-state index contributed by atoms with van der Waals surface area (Å²) >= 11 is 1.46. The van der Waals surface area contributed by atoms with Crippen molar-refractivity contribution in [3.05, 3.63) is 65.7 Å². The Morgan fingerprint density at radius 3 is 2.55 bits per heavy atom. The van der Waals surface area contributed by atoms with Crippen LogP contribution in [0.15, 0.2) is 54.6 Å². The van der Waals surface area contributed by atoms with Gasteiger partial charge in [0.05, 0.1) is 12.9 Å². The number of nitrogens with zero attached hydrogens (tertiary/aromatic N) is 1. The molecule has 29 heavy (non-hydrogen) atoms. The molecular formula is C21H22N2O5S. The van der Waals surface area contributed by atoms with Crippen LogP contribution in [0.4, 0.5) is 0 Å². The van der Waals surface area contributed by atoms with Crippen LogP contribution in [0.2, 0.25) is 0 Å². The lowest BCUT2D eigenvalue weighted by Crippen LogP contribution is -2.41. The maximum atomic E-state index is 12.3. The second-order valence-corrected chi connectivity index (χ2v) is 7.45.